The molecule has 0 heterocycles. The highest BCUT2D eigenvalue weighted by atomic mass is 19.3. The van der Waals surface area contributed by atoms with Crippen molar-refractivity contribution in [3.8, 4) is 5.75 Å². The molecule has 1 rings (SSSR count). The van der Waals surface area contributed by atoms with Gasteiger partial charge in [-0.3, -0.25) is 4.79 Å². The van der Waals surface area contributed by atoms with E-state index < -0.39 is 18.1 Å². The zero-order valence-corrected chi connectivity index (χ0v) is 11.5. The number of ether oxygens (including phenoxy) is 1. The van der Waals surface area contributed by atoms with Crippen molar-refractivity contribution in [2.24, 2.45) is 0 Å². The van der Waals surface area contributed by atoms with Gasteiger partial charge in [0.1, 0.15) is 5.75 Å². The Morgan fingerprint density at radius 1 is 1.40 bits per heavy atom. The number of hydrogen-bond donors (Lipinski definition) is 2. The lowest BCUT2D eigenvalue weighted by atomic mass is 9.88. The third kappa shape index (κ3) is 4.77. The Bertz CT molecular complexity index is 437. The molecule has 1 aromatic rings. The number of halogens is 2. The molecule has 0 aliphatic rings. The smallest absolute Gasteiger partial charge is 0.387 e. The van der Waals surface area contributed by atoms with E-state index in [1.165, 1.54) is 12.1 Å². The summed E-state index contributed by atoms with van der Waals surface area (Å²) < 4.78 is 28.4. The van der Waals surface area contributed by atoms with Crippen LogP contribution < -0.4 is 10.1 Å². The molecule has 0 radical (unpaired) electrons. The summed E-state index contributed by atoms with van der Waals surface area (Å²) in [4.78, 5) is 11.0. The predicted molar refractivity (Wildman–Crippen MR) is 71.0 cm³/mol. The number of hydrogen-bond acceptors (Lipinski definition) is 3. The molecular weight excluding hydrogens is 268 g/mol. The minimum absolute atomic E-state index is 0.0527. The zero-order valence-electron chi connectivity index (χ0n) is 11.5. The molecule has 6 heteroatoms. The summed E-state index contributed by atoms with van der Waals surface area (Å²) in [5.41, 5.74) is -0.0273. The van der Waals surface area contributed by atoms with Crippen LogP contribution in [-0.4, -0.2) is 24.2 Å². The van der Waals surface area contributed by atoms with Crippen molar-refractivity contribution in [2.75, 3.05) is 6.54 Å². The van der Waals surface area contributed by atoms with Crippen molar-refractivity contribution in [1.29, 1.82) is 0 Å². The van der Waals surface area contributed by atoms with Crippen LogP contribution in [0.2, 0.25) is 0 Å². The fourth-order valence-corrected chi connectivity index (χ4v) is 1.97. The average molecular weight is 287 g/mol. The Balaban J connectivity index is 2.92. The first-order valence-electron chi connectivity index (χ1n) is 6.39. The molecule has 0 saturated carbocycles. The van der Waals surface area contributed by atoms with Gasteiger partial charge in [0.2, 0.25) is 0 Å². The summed E-state index contributed by atoms with van der Waals surface area (Å²) >= 11 is 0. The summed E-state index contributed by atoms with van der Waals surface area (Å²) in [7, 11) is 0. The van der Waals surface area contributed by atoms with Crippen molar-refractivity contribution < 1.29 is 23.4 Å². The van der Waals surface area contributed by atoms with Crippen LogP contribution >= 0.6 is 0 Å². The molecule has 1 atom stereocenters. The maximum Gasteiger partial charge on any atom is 0.387 e. The van der Waals surface area contributed by atoms with Crippen molar-refractivity contribution in [3.63, 3.8) is 0 Å². The molecule has 112 valence electrons. The van der Waals surface area contributed by atoms with Gasteiger partial charge in [-0.15, -0.1) is 0 Å². The highest BCUT2D eigenvalue weighted by Gasteiger charge is 2.28. The van der Waals surface area contributed by atoms with E-state index in [1.807, 2.05) is 6.92 Å². The van der Waals surface area contributed by atoms with Gasteiger partial charge >= 0.3 is 12.6 Å². The predicted octanol–water partition coefficient (Wildman–Crippen LogP) is 2.98. The minimum Gasteiger partial charge on any atom is -0.481 e. The van der Waals surface area contributed by atoms with Crippen molar-refractivity contribution >= 4 is 5.97 Å². The molecular formula is C14H19F2NO3. The van der Waals surface area contributed by atoms with Crippen LogP contribution in [0.3, 0.4) is 0 Å². The summed E-state index contributed by atoms with van der Waals surface area (Å²) in [6.07, 6.45) is 0.768. The molecule has 0 bridgehead atoms. The molecule has 1 aromatic carbocycles. The molecule has 4 nitrogen and oxygen atoms in total. The standard InChI is InChI=1S/C14H19F2NO3/c1-3-8-17-14(2,9-12(18)19)10-4-6-11(7-5-10)20-13(15)16/h4-7,13,17H,3,8-9H2,1-2H3,(H,18,19). The van der Waals surface area contributed by atoms with E-state index in [-0.39, 0.29) is 12.2 Å². The van der Waals surface area contributed by atoms with Gasteiger partial charge < -0.3 is 15.2 Å². The monoisotopic (exact) mass is 287 g/mol. The normalized spacial score (nSPS) is 14.1. The topological polar surface area (TPSA) is 58.6 Å². The van der Waals surface area contributed by atoms with Crippen LogP contribution in [0, 0.1) is 0 Å². The number of carboxylic acids is 1. The third-order valence-electron chi connectivity index (χ3n) is 2.99. The molecule has 20 heavy (non-hydrogen) atoms. The van der Waals surface area contributed by atoms with Crippen LogP contribution in [0.1, 0.15) is 32.3 Å². The molecule has 0 saturated heterocycles. The third-order valence-corrected chi connectivity index (χ3v) is 2.99. The number of aliphatic carboxylic acids is 1. The van der Waals surface area contributed by atoms with Gasteiger partial charge in [0.25, 0.3) is 0 Å². The number of nitrogens with one attached hydrogen (secondary N) is 1. The van der Waals surface area contributed by atoms with Crippen molar-refractivity contribution in [1.82, 2.24) is 5.32 Å². The first kappa shape index (κ1) is 16.4. The Hall–Kier alpha value is -1.69. The fraction of sp³-hybridized carbons (Fsp3) is 0.500. The van der Waals surface area contributed by atoms with Gasteiger partial charge in [0.05, 0.1) is 12.0 Å². The van der Waals surface area contributed by atoms with Gasteiger partial charge in [-0.05, 0) is 37.6 Å². The summed E-state index contributed by atoms with van der Waals surface area (Å²) in [5, 5.41) is 12.2. The van der Waals surface area contributed by atoms with E-state index in [1.54, 1.807) is 19.1 Å². The summed E-state index contributed by atoms with van der Waals surface area (Å²) in [6.45, 7) is 1.55. The van der Waals surface area contributed by atoms with Gasteiger partial charge in [0.15, 0.2) is 0 Å². The van der Waals surface area contributed by atoms with Gasteiger partial charge in [0, 0.05) is 0 Å². The molecule has 1 unspecified atom stereocenters. The first-order chi connectivity index (χ1) is 9.37. The summed E-state index contributed by atoms with van der Waals surface area (Å²) in [5.74, 6) is -0.874. The lowest BCUT2D eigenvalue weighted by Crippen LogP contribution is -2.41. The molecule has 0 spiro atoms. The number of alkyl halides is 2. The van der Waals surface area contributed by atoms with Crippen LogP contribution in [-0.2, 0) is 10.3 Å². The lowest BCUT2D eigenvalue weighted by Gasteiger charge is -2.30. The molecule has 0 amide bonds. The Morgan fingerprint density at radius 3 is 2.45 bits per heavy atom. The van der Waals surface area contributed by atoms with Gasteiger partial charge in [-0.2, -0.15) is 8.78 Å². The Kier molecular flexibility index (Phi) is 5.88. The van der Waals surface area contributed by atoms with Gasteiger partial charge in [-0.1, -0.05) is 19.1 Å². The van der Waals surface area contributed by atoms with E-state index in [4.69, 9.17) is 5.11 Å². The highest BCUT2D eigenvalue weighted by Crippen LogP contribution is 2.27. The van der Waals surface area contributed by atoms with E-state index in [0.29, 0.717) is 6.54 Å². The van der Waals surface area contributed by atoms with E-state index in [0.717, 1.165) is 12.0 Å². The second-order valence-electron chi connectivity index (χ2n) is 4.73. The Morgan fingerprint density at radius 2 is 2.00 bits per heavy atom. The van der Waals surface area contributed by atoms with E-state index in [9.17, 15) is 13.6 Å². The average Bonchev–Trinajstić information content (AvgIpc) is 2.35. The van der Waals surface area contributed by atoms with Crippen LogP contribution in [0.25, 0.3) is 0 Å². The number of carboxylic acid groups (broad SMARTS) is 1. The molecule has 2 N–H and O–H groups in total. The van der Waals surface area contributed by atoms with E-state index in [2.05, 4.69) is 10.1 Å². The quantitative estimate of drug-likeness (QED) is 0.771. The zero-order chi connectivity index (χ0) is 15.2. The van der Waals surface area contributed by atoms with Crippen LogP contribution in [0.4, 0.5) is 8.78 Å². The SMILES string of the molecule is CCCNC(C)(CC(=O)O)c1ccc(OC(F)F)cc1. The van der Waals surface area contributed by atoms with Crippen LogP contribution in [0.5, 0.6) is 5.75 Å². The van der Waals surface area contributed by atoms with Crippen molar-refractivity contribution in [3.05, 3.63) is 29.8 Å². The molecule has 0 aromatic heterocycles. The molecule has 0 fully saturated rings. The molecule has 0 aliphatic carbocycles. The van der Waals surface area contributed by atoms with Gasteiger partial charge in [-0.25, -0.2) is 0 Å². The highest BCUT2D eigenvalue weighted by molar-refractivity contribution is 5.68. The minimum atomic E-state index is -2.87. The molecule has 0 aliphatic heterocycles. The number of rotatable bonds is 8. The number of benzene rings is 1. The second-order valence-corrected chi connectivity index (χ2v) is 4.73. The largest absolute Gasteiger partial charge is 0.481 e. The maximum atomic E-state index is 12.1. The number of carbonyl (C=O) groups is 1. The lowest BCUT2D eigenvalue weighted by molar-refractivity contribution is -0.138. The summed E-state index contributed by atoms with van der Waals surface area (Å²) in [6, 6.07) is 6.02. The van der Waals surface area contributed by atoms with Crippen molar-refractivity contribution in [2.45, 2.75) is 38.8 Å². The van der Waals surface area contributed by atoms with E-state index >= 15 is 0 Å². The maximum absolute atomic E-state index is 12.1. The second kappa shape index (κ2) is 7.19. The fourth-order valence-electron chi connectivity index (χ4n) is 1.97. The Labute approximate surface area is 116 Å². The van der Waals surface area contributed by atoms with Crippen LogP contribution in [0.15, 0.2) is 24.3 Å². The first-order valence-corrected chi connectivity index (χ1v) is 6.39.